The van der Waals surface area contributed by atoms with E-state index in [0.29, 0.717) is 0 Å². The fourth-order valence-electron chi connectivity index (χ4n) is 1.02. The zero-order chi connectivity index (χ0) is 12.1. The molecule has 0 spiro atoms. The molecule has 2 heteroatoms. The van der Waals surface area contributed by atoms with Gasteiger partial charge in [0, 0.05) is 12.0 Å². The molecule has 0 saturated heterocycles. The highest BCUT2D eigenvalue weighted by Crippen LogP contribution is 2.26. The summed E-state index contributed by atoms with van der Waals surface area (Å²) in [6.07, 6.45) is 5.30. The first-order valence-corrected chi connectivity index (χ1v) is 9.00. The van der Waals surface area contributed by atoms with E-state index in [-0.39, 0.29) is 5.41 Å². The van der Waals surface area contributed by atoms with Gasteiger partial charge in [-0.2, -0.15) is 0 Å². The van der Waals surface area contributed by atoms with Crippen LogP contribution in [0.25, 0.3) is 0 Å². The standard InChI is InChI=1S/C13H26OSi/c1-8-13(4,10-9-12(2)3)11-14-15(5,6)7/h8-9H,1,10-11H2,2-7H3. The summed E-state index contributed by atoms with van der Waals surface area (Å²) < 4.78 is 5.96. The molecule has 0 aromatic rings. The molecule has 0 aliphatic heterocycles. The predicted octanol–water partition coefficient (Wildman–Crippen LogP) is 4.39. The van der Waals surface area contributed by atoms with Crippen molar-refractivity contribution in [1.29, 1.82) is 0 Å². The Hall–Kier alpha value is -0.343. The van der Waals surface area contributed by atoms with Crippen molar-refractivity contribution in [2.75, 3.05) is 6.61 Å². The van der Waals surface area contributed by atoms with Crippen molar-refractivity contribution in [3.63, 3.8) is 0 Å². The monoisotopic (exact) mass is 226 g/mol. The highest BCUT2D eigenvalue weighted by molar-refractivity contribution is 6.69. The quantitative estimate of drug-likeness (QED) is 0.482. The molecular formula is C13H26OSi. The predicted molar refractivity (Wildman–Crippen MR) is 71.7 cm³/mol. The largest absolute Gasteiger partial charge is 0.417 e. The molecule has 0 aromatic carbocycles. The van der Waals surface area contributed by atoms with Crippen LogP contribution in [0.15, 0.2) is 24.3 Å². The molecule has 15 heavy (non-hydrogen) atoms. The summed E-state index contributed by atoms with van der Waals surface area (Å²) in [5.74, 6) is 0. The highest BCUT2D eigenvalue weighted by atomic mass is 28.4. The Morgan fingerprint density at radius 3 is 2.20 bits per heavy atom. The van der Waals surface area contributed by atoms with E-state index in [1.54, 1.807) is 0 Å². The van der Waals surface area contributed by atoms with Gasteiger partial charge in [0.1, 0.15) is 0 Å². The molecule has 0 N–H and O–H groups in total. The first-order valence-electron chi connectivity index (χ1n) is 5.59. The van der Waals surface area contributed by atoms with E-state index < -0.39 is 8.32 Å². The van der Waals surface area contributed by atoms with E-state index in [1.807, 2.05) is 6.08 Å². The Kier molecular flexibility index (Phi) is 5.53. The summed E-state index contributed by atoms with van der Waals surface area (Å²) in [6.45, 7) is 17.8. The third-order valence-corrected chi connectivity index (χ3v) is 3.31. The average Bonchev–Trinajstić information content (AvgIpc) is 2.10. The van der Waals surface area contributed by atoms with Gasteiger partial charge in [-0.3, -0.25) is 0 Å². The molecule has 0 saturated carbocycles. The molecule has 0 amide bonds. The van der Waals surface area contributed by atoms with Gasteiger partial charge in [-0.15, -0.1) is 6.58 Å². The summed E-state index contributed by atoms with van der Waals surface area (Å²) in [7, 11) is -1.41. The summed E-state index contributed by atoms with van der Waals surface area (Å²) in [4.78, 5) is 0. The van der Waals surface area contributed by atoms with Crippen molar-refractivity contribution < 1.29 is 4.43 Å². The number of hydrogen-bond acceptors (Lipinski definition) is 1. The van der Waals surface area contributed by atoms with Crippen LogP contribution in [0.4, 0.5) is 0 Å². The van der Waals surface area contributed by atoms with Gasteiger partial charge >= 0.3 is 0 Å². The molecule has 0 aliphatic carbocycles. The van der Waals surface area contributed by atoms with Gasteiger partial charge in [-0.05, 0) is 39.9 Å². The van der Waals surface area contributed by atoms with Crippen molar-refractivity contribution in [3.8, 4) is 0 Å². The van der Waals surface area contributed by atoms with Crippen LogP contribution >= 0.6 is 0 Å². The van der Waals surface area contributed by atoms with Gasteiger partial charge in [-0.25, -0.2) is 0 Å². The second-order valence-corrected chi connectivity index (χ2v) is 10.3. The highest BCUT2D eigenvalue weighted by Gasteiger charge is 2.23. The molecule has 0 bridgehead atoms. The first kappa shape index (κ1) is 14.7. The van der Waals surface area contributed by atoms with Gasteiger partial charge < -0.3 is 4.43 Å². The summed E-state index contributed by atoms with van der Waals surface area (Å²) in [5, 5.41) is 0. The van der Waals surface area contributed by atoms with Crippen LogP contribution in [0.1, 0.15) is 27.2 Å². The topological polar surface area (TPSA) is 9.23 Å². The third-order valence-electron chi connectivity index (χ3n) is 2.30. The normalized spacial score (nSPS) is 15.6. The van der Waals surface area contributed by atoms with Crippen molar-refractivity contribution in [2.24, 2.45) is 5.41 Å². The van der Waals surface area contributed by atoms with Gasteiger partial charge in [0.15, 0.2) is 8.32 Å². The lowest BCUT2D eigenvalue weighted by molar-refractivity contribution is 0.202. The minimum Gasteiger partial charge on any atom is -0.417 e. The first-order chi connectivity index (χ1) is 6.68. The van der Waals surface area contributed by atoms with Crippen LogP contribution in [0.5, 0.6) is 0 Å². The lowest BCUT2D eigenvalue weighted by Gasteiger charge is -2.29. The smallest absolute Gasteiger partial charge is 0.183 e. The van der Waals surface area contributed by atoms with E-state index in [1.165, 1.54) is 5.57 Å². The number of hydrogen-bond donors (Lipinski definition) is 0. The van der Waals surface area contributed by atoms with E-state index in [4.69, 9.17) is 4.43 Å². The van der Waals surface area contributed by atoms with Gasteiger partial charge in [0.25, 0.3) is 0 Å². The Balaban J connectivity index is 4.32. The van der Waals surface area contributed by atoms with Crippen LogP contribution in [0, 0.1) is 5.41 Å². The van der Waals surface area contributed by atoms with E-state index in [2.05, 4.69) is 53.1 Å². The molecule has 0 fully saturated rings. The minimum atomic E-state index is -1.41. The van der Waals surface area contributed by atoms with Crippen molar-refractivity contribution in [1.82, 2.24) is 0 Å². The van der Waals surface area contributed by atoms with E-state index in [9.17, 15) is 0 Å². The second kappa shape index (κ2) is 5.66. The van der Waals surface area contributed by atoms with Crippen molar-refractivity contribution in [3.05, 3.63) is 24.3 Å². The van der Waals surface area contributed by atoms with Crippen LogP contribution < -0.4 is 0 Å². The third kappa shape index (κ3) is 7.57. The molecule has 0 radical (unpaired) electrons. The summed E-state index contributed by atoms with van der Waals surface area (Å²) in [5.41, 5.74) is 1.44. The lowest BCUT2D eigenvalue weighted by atomic mass is 9.87. The van der Waals surface area contributed by atoms with E-state index in [0.717, 1.165) is 13.0 Å². The fraction of sp³-hybridized carbons (Fsp3) is 0.692. The molecule has 0 rings (SSSR count). The number of rotatable bonds is 6. The van der Waals surface area contributed by atoms with Crippen LogP contribution in [-0.4, -0.2) is 14.9 Å². The molecule has 0 heterocycles. The van der Waals surface area contributed by atoms with Crippen LogP contribution in [0.2, 0.25) is 19.6 Å². The SMILES string of the molecule is C=CC(C)(CC=C(C)C)CO[Si](C)(C)C. The van der Waals surface area contributed by atoms with Crippen LogP contribution in [0.3, 0.4) is 0 Å². The zero-order valence-corrected chi connectivity index (χ0v) is 12.2. The maximum atomic E-state index is 5.96. The Morgan fingerprint density at radius 2 is 1.87 bits per heavy atom. The second-order valence-electron chi connectivity index (χ2n) is 5.74. The Bertz CT molecular complexity index is 233. The molecule has 0 aliphatic rings. The molecule has 0 aromatic heterocycles. The van der Waals surface area contributed by atoms with Crippen molar-refractivity contribution >= 4 is 8.32 Å². The maximum absolute atomic E-state index is 5.96. The molecule has 1 nitrogen and oxygen atoms in total. The Morgan fingerprint density at radius 1 is 1.33 bits per heavy atom. The number of allylic oxidation sites excluding steroid dienone is 2. The summed E-state index contributed by atoms with van der Waals surface area (Å²) in [6, 6.07) is 0. The molecule has 1 atom stereocenters. The lowest BCUT2D eigenvalue weighted by Crippen LogP contribution is -2.32. The van der Waals surface area contributed by atoms with Crippen LogP contribution in [-0.2, 0) is 4.43 Å². The van der Waals surface area contributed by atoms with Gasteiger partial charge in [0.2, 0.25) is 0 Å². The van der Waals surface area contributed by atoms with Gasteiger partial charge in [-0.1, -0.05) is 24.6 Å². The Labute approximate surface area is 96.4 Å². The zero-order valence-electron chi connectivity index (χ0n) is 11.2. The van der Waals surface area contributed by atoms with Crippen molar-refractivity contribution in [2.45, 2.75) is 46.8 Å². The maximum Gasteiger partial charge on any atom is 0.183 e. The minimum absolute atomic E-state index is 0.0809. The average molecular weight is 226 g/mol. The fourth-order valence-corrected chi connectivity index (χ4v) is 1.78. The van der Waals surface area contributed by atoms with Gasteiger partial charge in [0.05, 0.1) is 0 Å². The summed E-state index contributed by atoms with van der Waals surface area (Å²) >= 11 is 0. The molecule has 88 valence electrons. The van der Waals surface area contributed by atoms with E-state index >= 15 is 0 Å². The molecular weight excluding hydrogens is 200 g/mol. The molecule has 1 unspecified atom stereocenters.